The molecule has 0 spiro atoms. The number of nitrogens with one attached hydrogen (secondary N) is 2. The summed E-state index contributed by atoms with van der Waals surface area (Å²) in [5, 5.41) is 5.83. The first-order valence-electron chi connectivity index (χ1n) is 7.59. The molecule has 2 rings (SSSR count). The minimum Gasteiger partial charge on any atom is -0.497 e. The Morgan fingerprint density at radius 1 is 0.840 bits per heavy atom. The number of rotatable bonds is 8. The topological polar surface area (TPSA) is 78.1 Å². The monoisotopic (exact) mass is 346 g/mol. The summed E-state index contributed by atoms with van der Waals surface area (Å²) in [6, 6.07) is 10.5. The second kappa shape index (κ2) is 8.68. The van der Waals surface area contributed by atoms with Crippen molar-refractivity contribution in [3.05, 3.63) is 36.4 Å². The zero-order valence-electron chi connectivity index (χ0n) is 14.7. The van der Waals surface area contributed by atoms with Crippen LogP contribution in [0.2, 0.25) is 0 Å². The Morgan fingerprint density at radius 2 is 1.56 bits per heavy atom. The summed E-state index contributed by atoms with van der Waals surface area (Å²) in [6.45, 7) is 0.0880. The van der Waals surface area contributed by atoms with Gasteiger partial charge in [-0.2, -0.15) is 0 Å². The Labute approximate surface area is 146 Å². The molecule has 0 saturated heterocycles. The van der Waals surface area contributed by atoms with Crippen LogP contribution in [0.25, 0.3) is 0 Å². The number of anilines is 2. The predicted molar refractivity (Wildman–Crippen MR) is 96.2 cm³/mol. The number of amides is 1. The van der Waals surface area contributed by atoms with Gasteiger partial charge in [-0.05, 0) is 24.3 Å². The first-order valence-corrected chi connectivity index (χ1v) is 7.59. The van der Waals surface area contributed by atoms with Crippen LogP contribution in [0, 0.1) is 0 Å². The van der Waals surface area contributed by atoms with E-state index in [2.05, 4.69) is 10.6 Å². The van der Waals surface area contributed by atoms with Gasteiger partial charge in [-0.15, -0.1) is 0 Å². The van der Waals surface area contributed by atoms with Crippen molar-refractivity contribution in [1.29, 1.82) is 0 Å². The van der Waals surface area contributed by atoms with Gasteiger partial charge in [0.15, 0.2) is 11.5 Å². The van der Waals surface area contributed by atoms with Crippen molar-refractivity contribution >= 4 is 17.3 Å². The van der Waals surface area contributed by atoms with Crippen molar-refractivity contribution in [2.24, 2.45) is 0 Å². The highest BCUT2D eigenvalue weighted by molar-refractivity contribution is 5.95. The average Bonchev–Trinajstić information content (AvgIpc) is 2.66. The lowest BCUT2D eigenvalue weighted by molar-refractivity contribution is -0.114. The van der Waals surface area contributed by atoms with Gasteiger partial charge in [-0.1, -0.05) is 0 Å². The molecule has 2 N–H and O–H groups in total. The van der Waals surface area contributed by atoms with Crippen LogP contribution in [-0.4, -0.2) is 40.9 Å². The van der Waals surface area contributed by atoms with E-state index >= 15 is 0 Å². The molecule has 25 heavy (non-hydrogen) atoms. The highest BCUT2D eigenvalue weighted by Gasteiger charge is 2.10. The third-order valence-electron chi connectivity index (χ3n) is 3.52. The molecule has 7 heteroatoms. The van der Waals surface area contributed by atoms with Crippen LogP contribution in [0.15, 0.2) is 36.4 Å². The largest absolute Gasteiger partial charge is 0.497 e. The standard InChI is InChI=1S/C18H22N2O5/c1-22-13-6-7-14(16(10-13)24-3)20-18(21)11-19-12-5-8-15(23-2)17(9-12)25-4/h5-10,19H,11H2,1-4H3,(H,20,21). The predicted octanol–water partition coefficient (Wildman–Crippen LogP) is 2.77. The molecule has 0 atom stereocenters. The molecule has 0 aliphatic rings. The molecule has 2 aromatic rings. The van der Waals surface area contributed by atoms with Gasteiger partial charge in [0.1, 0.15) is 11.5 Å². The zero-order chi connectivity index (χ0) is 18.2. The fourth-order valence-corrected chi connectivity index (χ4v) is 2.22. The van der Waals surface area contributed by atoms with Gasteiger partial charge >= 0.3 is 0 Å². The van der Waals surface area contributed by atoms with Gasteiger partial charge in [0, 0.05) is 17.8 Å². The number of benzene rings is 2. The Kier molecular flexibility index (Phi) is 6.33. The molecule has 0 aliphatic carbocycles. The Balaban J connectivity index is 1.99. The summed E-state index contributed by atoms with van der Waals surface area (Å²) >= 11 is 0. The maximum Gasteiger partial charge on any atom is 0.243 e. The third-order valence-corrected chi connectivity index (χ3v) is 3.52. The SMILES string of the molecule is COc1ccc(NC(=O)CNc2ccc(OC)c(OC)c2)c(OC)c1. The highest BCUT2D eigenvalue weighted by Crippen LogP contribution is 2.30. The molecule has 0 fully saturated rings. The van der Waals surface area contributed by atoms with Crippen molar-refractivity contribution < 1.29 is 23.7 Å². The quantitative estimate of drug-likeness (QED) is 0.765. The van der Waals surface area contributed by atoms with Gasteiger partial charge in [-0.3, -0.25) is 4.79 Å². The van der Waals surface area contributed by atoms with Gasteiger partial charge in [0.2, 0.25) is 5.91 Å². The van der Waals surface area contributed by atoms with Gasteiger partial charge in [0.05, 0.1) is 40.7 Å². The van der Waals surface area contributed by atoms with Crippen LogP contribution in [-0.2, 0) is 4.79 Å². The summed E-state index contributed by atoms with van der Waals surface area (Å²) in [6.07, 6.45) is 0. The van der Waals surface area contributed by atoms with Crippen molar-refractivity contribution in [3.63, 3.8) is 0 Å². The molecule has 0 heterocycles. The Morgan fingerprint density at radius 3 is 2.20 bits per heavy atom. The van der Waals surface area contributed by atoms with Crippen LogP contribution in [0.4, 0.5) is 11.4 Å². The molecule has 0 aromatic heterocycles. The van der Waals surface area contributed by atoms with Crippen LogP contribution in [0.1, 0.15) is 0 Å². The normalized spacial score (nSPS) is 9.92. The van der Waals surface area contributed by atoms with E-state index in [0.717, 1.165) is 5.69 Å². The molecule has 0 aliphatic heterocycles. The number of methoxy groups -OCH3 is 4. The van der Waals surface area contributed by atoms with Crippen molar-refractivity contribution in [1.82, 2.24) is 0 Å². The van der Waals surface area contributed by atoms with Gasteiger partial charge < -0.3 is 29.6 Å². The van der Waals surface area contributed by atoms with Gasteiger partial charge in [0.25, 0.3) is 0 Å². The lowest BCUT2D eigenvalue weighted by Crippen LogP contribution is -2.22. The van der Waals surface area contributed by atoms with Crippen molar-refractivity contribution in [3.8, 4) is 23.0 Å². The summed E-state index contributed by atoms with van der Waals surface area (Å²) in [7, 11) is 6.23. The van der Waals surface area contributed by atoms with E-state index < -0.39 is 0 Å². The van der Waals surface area contributed by atoms with Crippen molar-refractivity contribution in [2.45, 2.75) is 0 Å². The van der Waals surface area contributed by atoms with E-state index in [9.17, 15) is 4.79 Å². The molecule has 0 bridgehead atoms. The highest BCUT2D eigenvalue weighted by atomic mass is 16.5. The molecular formula is C18H22N2O5. The number of hydrogen-bond donors (Lipinski definition) is 2. The fraction of sp³-hybridized carbons (Fsp3) is 0.278. The van der Waals surface area contributed by atoms with E-state index in [1.54, 1.807) is 51.7 Å². The third kappa shape index (κ3) is 4.69. The van der Waals surface area contributed by atoms with Crippen LogP contribution >= 0.6 is 0 Å². The second-order valence-corrected chi connectivity index (χ2v) is 5.04. The molecule has 1 amide bonds. The minimum absolute atomic E-state index is 0.0880. The maximum atomic E-state index is 12.2. The van der Waals surface area contributed by atoms with E-state index in [-0.39, 0.29) is 12.5 Å². The number of hydrogen-bond acceptors (Lipinski definition) is 6. The second-order valence-electron chi connectivity index (χ2n) is 5.04. The summed E-state index contributed by atoms with van der Waals surface area (Å²) in [4.78, 5) is 12.2. The lowest BCUT2D eigenvalue weighted by Gasteiger charge is -2.13. The van der Waals surface area contributed by atoms with E-state index in [0.29, 0.717) is 28.7 Å². The fourth-order valence-electron chi connectivity index (χ4n) is 2.22. The van der Waals surface area contributed by atoms with Crippen LogP contribution in [0.5, 0.6) is 23.0 Å². The molecule has 134 valence electrons. The summed E-state index contributed by atoms with van der Waals surface area (Å²) < 4.78 is 20.8. The Bertz CT molecular complexity index is 733. The number of carbonyl (C=O) groups is 1. The van der Waals surface area contributed by atoms with E-state index in [1.807, 2.05) is 6.07 Å². The summed E-state index contributed by atoms with van der Waals surface area (Å²) in [5.41, 5.74) is 1.32. The first-order chi connectivity index (χ1) is 12.1. The van der Waals surface area contributed by atoms with Crippen LogP contribution < -0.4 is 29.6 Å². The zero-order valence-corrected chi connectivity index (χ0v) is 14.7. The number of carbonyl (C=O) groups excluding carboxylic acids is 1. The average molecular weight is 346 g/mol. The minimum atomic E-state index is -0.210. The van der Waals surface area contributed by atoms with Gasteiger partial charge in [-0.25, -0.2) is 0 Å². The maximum absolute atomic E-state index is 12.2. The van der Waals surface area contributed by atoms with Crippen molar-refractivity contribution in [2.75, 3.05) is 45.6 Å². The number of ether oxygens (including phenoxy) is 4. The molecular weight excluding hydrogens is 324 g/mol. The lowest BCUT2D eigenvalue weighted by atomic mass is 10.2. The molecule has 2 aromatic carbocycles. The van der Waals surface area contributed by atoms with E-state index in [1.165, 1.54) is 7.11 Å². The molecule has 0 unspecified atom stereocenters. The molecule has 0 radical (unpaired) electrons. The summed E-state index contributed by atoms with van der Waals surface area (Å²) in [5.74, 6) is 2.18. The molecule has 0 saturated carbocycles. The van der Waals surface area contributed by atoms with E-state index in [4.69, 9.17) is 18.9 Å². The Hall–Kier alpha value is -3.09. The first kappa shape index (κ1) is 18.3. The smallest absolute Gasteiger partial charge is 0.243 e. The molecule has 7 nitrogen and oxygen atoms in total. The van der Waals surface area contributed by atoms with Crippen LogP contribution in [0.3, 0.4) is 0 Å².